The molecular formula is C13H15Cl2N3. The van der Waals surface area contributed by atoms with Gasteiger partial charge in [0.15, 0.2) is 0 Å². The molecule has 5 heteroatoms. The SMILES string of the molecule is CC(C)c1c(CCl)nnn1Cc1ccc(Cl)cc1. The van der Waals surface area contributed by atoms with E-state index in [0.29, 0.717) is 18.3 Å². The molecule has 0 bridgehead atoms. The molecule has 96 valence electrons. The Morgan fingerprint density at radius 1 is 1.22 bits per heavy atom. The fraction of sp³-hybridized carbons (Fsp3) is 0.385. The monoisotopic (exact) mass is 283 g/mol. The molecule has 0 amide bonds. The van der Waals surface area contributed by atoms with Crippen LogP contribution >= 0.6 is 23.2 Å². The van der Waals surface area contributed by atoms with E-state index in [1.54, 1.807) is 0 Å². The lowest BCUT2D eigenvalue weighted by atomic mass is 10.1. The Kier molecular flexibility index (Phi) is 4.25. The lowest BCUT2D eigenvalue weighted by Crippen LogP contribution is -2.08. The zero-order valence-corrected chi connectivity index (χ0v) is 11.9. The van der Waals surface area contributed by atoms with Gasteiger partial charge >= 0.3 is 0 Å². The molecule has 0 spiro atoms. The largest absolute Gasteiger partial charge is 0.244 e. The number of aromatic nitrogens is 3. The van der Waals surface area contributed by atoms with Gasteiger partial charge in [0, 0.05) is 5.02 Å². The van der Waals surface area contributed by atoms with E-state index in [1.165, 1.54) is 0 Å². The molecule has 1 heterocycles. The molecule has 0 aliphatic carbocycles. The van der Waals surface area contributed by atoms with Crippen LogP contribution < -0.4 is 0 Å². The molecule has 0 aliphatic rings. The topological polar surface area (TPSA) is 30.7 Å². The van der Waals surface area contributed by atoms with E-state index in [0.717, 1.165) is 22.0 Å². The van der Waals surface area contributed by atoms with Crippen LogP contribution in [0.1, 0.15) is 36.7 Å². The Balaban J connectivity index is 2.28. The smallest absolute Gasteiger partial charge is 0.101 e. The number of nitrogens with zero attached hydrogens (tertiary/aromatic N) is 3. The average molecular weight is 284 g/mol. The fourth-order valence-electron chi connectivity index (χ4n) is 1.96. The molecule has 0 fully saturated rings. The maximum atomic E-state index is 5.88. The van der Waals surface area contributed by atoms with E-state index in [2.05, 4.69) is 24.2 Å². The van der Waals surface area contributed by atoms with Gasteiger partial charge in [-0.1, -0.05) is 42.8 Å². The van der Waals surface area contributed by atoms with Crippen LogP contribution in [0.3, 0.4) is 0 Å². The van der Waals surface area contributed by atoms with Crippen molar-refractivity contribution in [1.82, 2.24) is 15.0 Å². The molecule has 0 atom stereocenters. The summed E-state index contributed by atoms with van der Waals surface area (Å²) in [7, 11) is 0. The van der Waals surface area contributed by atoms with Gasteiger partial charge in [0.25, 0.3) is 0 Å². The maximum absolute atomic E-state index is 5.88. The number of hydrogen-bond donors (Lipinski definition) is 0. The van der Waals surface area contributed by atoms with Gasteiger partial charge in [-0.15, -0.1) is 16.7 Å². The Bertz CT molecular complexity index is 518. The maximum Gasteiger partial charge on any atom is 0.101 e. The van der Waals surface area contributed by atoms with Crippen LogP contribution in [0, 0.1) is 0 Å². The minimum atomic E-state index is 0.348. The molecule has 0 radical (unpaired) electrons. The normalized spacial score (nSPS) is 11.2. The van der Waals surface area contributed by atoms with Crippen LogP contribution in [0.25, 0.3) is 0 Å². The van der Waals surface area contributed by atoms with Crippen molar-refractivity contribution in [2.75, 3.05) is 0 Å². The molecule has 1 aromatic carbocycles. The highest BCUT2D eigenvalue weighted by Crippen LogP contribution is 2.20. The number of alkyl halides is 1. The first-order chi connectivity index (χ1) is 8.61. The second kappa shape index (κ2) is 5.72. The summed E-state index contributed by atoms with van der Waals surface area (Å²) < 4.78 is 1.91. The van der Waals surface area contributed by atoms with Crippen molar-refractivity contribution in [3.63, 3.8) is 0 Å². The van der Waals surface area contributed by atoms with Crippen molar-refractivity contribution in [2.24, 2.45) is 0 Å². The van der Waals surface area contributed by atoms with Gasteiger partial charge in [-0.2, -0.15) is 0 Å². The van der Waals surface area contributed by atoms with E-state index in [1.807, 2.05) is 28.9 Å². The number of halogens is 2. The lowest BCUT2D eigenvalue weighted by molar-refractivity contribution is 0.597. The summed E-state index contributed by atoms with van der Waals surface area (Å²) in [6.45, 7) is 4.93. The number of hydrogen-bond acceptors (Lipinski definition) is 2. The molecule has 0 saturated heterocycles. The van der Waals surface area contributed by atoms with Crippen molar-refractivity contribution >= 4 is 23.2 Å². The summed E-state index contributed by atoms with van der Waals surface area (Å²) in [5.41, 5.74) is 3.10. The second-order valence-electron chi connectivity index (χ2n) is 4.49. The molecular weight excluding hydrogens is 269 g/mol. The van der Waals surface area contributed by atoms with Crippen LogP contribution in [0.15, 0.2) is 24.3 Å². The molecule has 2 aromatic rings. The molecule has 3 nitrogen and oxygen atoms in total. The lowest BCUT2D eigenvalue weighted by Gasteiger charge is -2.10. The van der Waals surface area contributed by atoms with E-state index >= 15 is 0 Å². The molecule has 2 rings (SSSR count). The third kappa shape index (κ3) is 2.85. The van der Waals surface area contributed by atoms with Crippen molar-refractivity contribution in [3.8, 4) is 0 Å². The zero-order valence-electron chi connectivity index (χ0n) is 10.4. The van der Waals surface area contributed by atoms with Crippen molar-refractivity contribution in [3.05, 3.63) is 46.2 Å². The standard InChI is InChI=1S/C13H15Cl2N3/c1-9(2)13-12(7-14)16-17-18(13)8-10-3-5-11(15)6-4-10/h3-6,9H,7-8H2,1-2H3. The van der Waals surface area contributed by atoms with Crippen LogP contribution in [-0.4, -0.2) is 15.0 Å². The number of benzene rings is 1. The molecule has 1 aromatic heterocycles. The highest BCUT2D eigenvalue weighted by molar-refractivity contribution is 6.30. The Morgan fingerprint density at radius 3 is 2.44 bits per heavy atom. The third-order valence-electron chi connectivity index (χ3n) is 2.77. The first kappa shape index (κ1) is 13.4. The van der Waals surface area contributed by atoms with Gasteiger partial charge in [0.05, 0.1) is 18.1 Å². The molecule has 0 saturated carbocycles. The zero-order chi connectivity index (χ0) is 13.1. The minimum absolute atomic E-state index is 0.348. The summed E-state index contributed by atoms with van der Waals surface area (Å²) in [6, 6.07) is 7.75. The van der Waals surface area contributed by atoms with E-state index in [-0.39, 0.29) is 0 Å². The van der Waals surface area contributed by atoms with Crippen LogP contribution in [0.5, 0.6) is 0 Å². The highest BCUT2D eigenvalue weighted by atomic mass is 35.5. The summed E-state index contributed by atoms with van der Waals surface area (Å²) in [4.78, 5) is 0. The predicted octanol–water partition coefficient (Wildman–Crippen LogP) is 3.84. The summed E-state index contributed by atoms with van der Waals surface area (Å²) in [5, 5.41) is 9.04. The van der Waals surface area contributed by atoms with E-state index < -0.39 is 0 Å². The van der Waals surface area contributed by atoms with Crippen LogP contribution in [-0.2, 0) is 12.4 Å². The summed E-state index contributed by atoms with van der Waals surface area (Å²) in [5.74, 6) is 0.745. The van der Waals surface area contributed by atoms with Crippen LogP contribution in [0.4, 0.5) is 0 Å². The molecule has 0 unspecified atom stereocenters. The Morgan fingerprint density at radius 2 is 1.89 bits per heavy atom. The first-order valence-corrected chi connectivity index (χ1v) is 6.75. The summed E-state index contributed by atoms with van der Waals surface area (Å²) in [6.07, 6.45) is 0. The minimum Gasteiger partial charge on any atom is -0.244 e. The molecule has 0 N–H and O–H groups in total. The van der Waals surface area contributed by atoms with E-state index in [4.69, 9.17) is 23.2 Å². The summed E-state index contributed by atoms with van der Waals surface area (Å²) >= 11 is 11.8. The van der Waals surface area contributed by atoms with E-state index in [9.17, 15) is 0 Å². The van der Waals surface area contributed by atoms with Crippen molar-refractivity contribution in [2.45, 2.75) is 32.2 Å². The molecule has 18 heavy (non-hydrogen) atoms. The molecule has 0 aliphatic heterocycles. The van der Waals surface area contributed by atoms with Crippen molar-refractivity contribution in [1.29, 1.82) is 0 Å². The number of rotatable bonds is 4. The highest BCUT2D eigenvalue weighted by Gasteiger charge is 2.15. The van der Waals surface area contributed by atoms with Gasteiger partial charge < -0.3 is 0 Å². The van der Waals surface area contributed by atoms with Gasteiger partial charge in [0.1, 0.15) is 5.69 Å². The quantitative estimate of drug-likeness (QED) is 0.798. The Labute approximate surface area is 117 Å². The van der Waals surface area contributed by atoms with Crippen molar-refractivity contribution < 1.29 is 0 Å². The van der Waals surface area contributed by atoms with Gasteiger partial charge in [0.2, 0.25) is 0 Å². The fourth-order valence-corrected chi connectivity index (χ4v) is 2.28. The van der Waals surface area contributed by atoms with Gasteiger partial charge in [-0.05, 0) is 23.6 Å². The van der Waals surface area contributed by atoms with Gasteiger partial charge in [-0.3, -0.25) is 0 Å². The Hall–Kier alpha value is -1.06. The third-order valence-corrected chi connectivity index (χ3v) is 3.27. The average Bonchev–Trinajstić information content (AvgIpc) is 2.75. The predicted molar refractivity (Wildman–Crippen MR) is 74.2 cm³/mol. The first-order valence-electron chi connectivity index (χ1n) is 5.84. The van der Waals surface area contributed by atoms with Gasteiger partial charge in [-0.25, -0.2) is 4.68 Å². The second-order valence-corrected chi connectivity index (χ2v) is 5.20. The van der Waals surface area contributed by atoms with Crippen LogP contribution in [0.2, 0.25) is 5.02 Å².